The number of aliphatic hydroxyl groups is 1. The Balaban J connectivity index is 1.92. The Morgan fingerprint density at radius 3 is 2.95 bits per heavy atom. The number of nitrogens with zero attached hydrogens (tertiary/aromatic N) is 1. The van der Waals surface area contributed by atoms with Crippen LogP contribution in [0.15, 0.2) is 28.7 Å². The number of aromatic nitrogens is 1. The Labute approximate surface area is 119 Å². The van der Waals surface area contributed by atoms with Gasteiger partial charge in [0.15, 0.2) is 0 Å². The van der Waals surface area contributed by atoms with Crippen LogP contribution in [0.2, 0.25) is 0 Å². The van der Waals surface area contributed by atoms with Crippen molar-refractivity contribution in [3.8, 4) is 0 Å². The van der Waals surface area contributed by atoms with Gasteiger partial charge in [-0.25, -0.2) is 0 Å². The third kappa shape index (κ3) is 2.17. The summed E-state index contributed by atoms with van der Waals surface area (Å²) in [5.74, 6) is 0.214. The van der Waals surface area contributed by atoms with Crippen molar-refractivity contribution in [1.82, 2.24) is 9.88 Å². The molecule has 2 heterocycles. The molecule has 3 rings (SSSR count). The molecule has 19 heavy (non-hydrogen) atoms. The highest BCUT2D eigenvalue weighted by atomic mass is 79.9. The van der Waals surface area contributed by atoms with E-state index in [9.17, 15) is 4.79 Å². The maximum Gasteiger partial charge on any atom is 0.271 e. The van der Waals surface area contributed by atoms with Gasteiger partial charge in [-0.15, -0.1) is 0 Å². The molecule has 100 valence electrons. The molecule has 1 aromatic carbocycles. The summed E-state index contributed by atoms with van der Waals surface area (Å²) >= 11 is 3.50. The topological polar surface area (TPSA) is 56.3 Å². The fourth-order valence-corrected chi connectivity index (χ4v) is 3.19. The first-order valence-electron chi connectivity index (χ1n) is 6.37. The van der Waals surface area contributed by atoms with Crippen LogP contribution in [-0.2, 0) is 0 Å². The summed E-state index contributed by atoms with van der Waals surface area (Å²) in [5.41, 5.74) is 1.55. The summed E-state index contributed by atoms with van der Waals surface area (Å²) in [6, 6.07) is 7.83. The molecule has 1 atom stereocenters. The van der Waals surface area contributed by atoms with Crippen molar-refractivity contribution in [2.24, 2.45) is 5.92 Å². The molecule has 0 spiro atoms. The van der Waals surface area contributed by atoms with Crippen LogP contribution in [0.3, 0.4) is 0 Å². The van der Waals surface area contributed by atoms with E-state index in [4.69, 9.17) is 5.11 Å². The zero-order chi connectivity index (χ0) is 13.4. The van der Waals surface area contributed by atoms with Gasteiger partial charge in [0.25, 0.3) is 5.91 Å². The molecule has 0 aliphatic carbocycles. The first kappa shape index (κ1) is 12.7. The first-order chi connectivity index (χ1) is 9.20. The summed E-state index contributed by atoms with van der Waals surface area (Å²) in [6.07, 6.45) is 0.875. The quantitative estimate of drug-likeness (QED) is 0.892. The molecule has 5 heteroatoms. The fraction of sp³-hybridized carbons (Fsp3) is 0.357. The van der Waals surface area contributed by atoms with Crippen LogP contribution in [0.25, 0.3) is 10.9 Å². The van der Waals surface area contributed by atoms with Gasteiger partial charge in [0, 0.05) is 36.5 Å². The average Bonchev–Trinajstić information content (AvgIpc) is 3.04. The van der Waals surface area contributed by atoms with Crippen LogP contribution in [0.4, 0.5) is 0 Å². The van der Waals surface area contributed by atoms with E-state index in [0.717, 1.165) is 21.8 Å². The number of amides is 1. The van der Waals surface area contributed by atoms with Gasteiger partial charge in [0.05, 0.1) is 4.47 Å². The van der Waals surface area contributed by atoms with Crippen LogP contribution < -0.4 is 0 Å². The summed E-state index contributed by atoms with van der Waals surface area (Å²) in [7, 11) is 0. The summed E-state index contributed by atoms with van der Waals surface area (Å²) in [5, 5.41) is 10.2. The lowest BCUT2D eigenvalue weighted by Gasteiger charge is -2.15. The molecule has 1 amide bonds. The third-order valence-corrected chi connectivity index (χ3v) is 4.51. The maximum atomic E-state index is 12.5. The Bertz CT molecular complexity index is 623. The van der Waals surface area contributed by atoms with Gasteiger partial charge < -0.3 is 15.0 Å². The molecule has 1 aliphatic heterocycles. The second kappa shape index (κ2) is 4.98. The van der Waals surface area contributed by atoms with Crippen molar-refractivity contribution in [3.63, 3.8) is 0 Å². The lowest BCUT2D eigenvalue weighted by molar-refractivity contribution is 0.0776. The van der Waals surface area contributed by atoms with Crippen LogP contribution in [0.1, 0.15) is 16.9 Å². The molecule has 2 aromatic rings. The standard InChI is InChI=1S/C14H15BrN2O2/c15-12-10-3-1-2-4-11(10)16-13(12)14(19)17-6-5-9(7-17)8-18/h1-4,9,16,18H,5-8H2. The van der Waals surface area contributed by atoms with Crippen LogP contribution >= 0.6 is 15.9 Å². The van der Waals surface area contributed by atoms with Gasteiger partial charge in [-0.05, 0) is 28.4 Å². The average molecular weight is 323 g/mol. The van der Waals surface area contributed by atoms with E-state index in [1.807, 2.05) is 24.3 Å². The van der Waals surface area contributed by atoms with Gasteiger partial charge in [-0.2, -0.15) is 0 Å². The van der Waals surface area contributed by atoms with Crippen LogP contribution in [0.5, 0.6) is 0 Å². The van der Waals surface area contributed by atoms with Crippen molar-refractivity contribution in [2.75, 3.05) is 19.7 Å². The number of rotatable bonds is 2. The predicted molar refractivity (Wildman–Crippen MR) is 77.1 cm³/mol. The number of aromatic amines is 1. The molecule has 2 N–H and O–H groups in total. The van der Waals surface area contributed by atoms with Gasteiger partial charge in [0.2, 0.25) is 0 Å². The third-order valence-electron chi connectivity index (χ3n) is 3.69. The molecule has 1 fully saturated rings. The lowest BCUT2D eigenvalue weighted by Crippen LogP contribution is -2.29. The maximum absolute atomic E-state index is 12.5. The van der Waals surface area contributed by atoms with Crippen molar-refractivity contribution in [1.29, 1.82) is 0 Å². The number of nitrogens with one attached hydrogen (secondary N) is 1. The van der Waals surface area contributed by atoms with E-state index >= 15 is 0 Å². The smallest absolute Gasteiger partial charge is 0.271 e. The number of hydrogen-bond acceptors (Lipinski definition) is 2. The molecule has 1 saturated heterocycles. The predicted octanol–water partition coefficient (Wildman–Crippen LogP) is 2.38. The number of benzene rings is 1. The Kier molecular flexibility index (Phi) is 3.33. The first-order valence-corrected chi connectivity index (χ1v) is 7.16. The highest BCUT2D eigenvalue weighted by Crippen LogP contribution is 2.29. The normalized spacial score (nSPS) is 19.3. The number of hydrogen-bond donors (Lipinski definition) is 2. The number of aliphatic hydroxyl groups excluding tert-OH is 1. The molecule has 1 unspecified atom stereocenters. The van der Waals surface area contributed by atoms with E-state index in [-0.39, 0.29) is 18.4 Å². The number of halogens is 1. The molecule has 1 aliphatic rings. The SMILES string of the molecule is O=C(c1[nH]c2ccccc2c1Br)N1CCC(CO)C1. The minimum absolute atomic E-state index is 0.000903. The molecule has 0 bridgehead atoms. The molecule has 0 saturated carbocycles. The number of para-hydroxylation sites is 1. The number of carbonyl (C=O) groups is 1. The number of fused-ring (bicyclic) bond motifs is 1. The second-order valence-electron chi connectivity index (χ2n) is 4.95. The van der Waals surface area contributed by atoms with E-state index in [1.165, 1.54) is 0 Å². The minimum Gasteiger partial charge on any atom is -0.396 e. The van der Waals surface area contributed by atoms with Crippen LogP contribution in [0, 0.1) is 5.92 Å². The van der Waals surface area contributed by atoms with E-state index in [0.29, 0.717) is 18.8 Å². The van der Waals surface area contributed by atoms with Crippen molar-refractivity contribution in [2.45, 2.75) is 6.42 Å². The molecular formula is C14H15BrN2O2. The Morgan fingerprint density at radius 2 is 2.26 bits per heavy atom. The summed E-state index contributed by atoms with van der Waals surface area (Å²) in [4.78, 5) is 17.5. The number of carbonyl (C=O) groups excluding carboxylic acids is 1. The number of likely N-dealkylation sites (tertiary alicyclic amines) is 1. The lowest BCUT2D eigenvalue weighted by atomic mass is 10.1. The van der Waals surface area contributed by atoms with Gasteiger partial charge in [-0.3, -0.25) is 4.79 Å². The zero-order valence-electron chi connectivity index (χ0n) is 10.4. The zero-order valence-corrected chi connectivity index (χ0v) is 12.0. The second-order valence-corrected chi connectivity index (χ2v) is 5.74. The summed E-state index contributed by atoms with van der Waals surface area (Å²) < 4.78 is 0.820. The Morgan fingerprint density at radius 1 is 1.47 bits per heavy atom. The molecule has 1 aromatic heterocycles. The fourth-order valence-electron chi connectivity index (χ4n) is 2.58. The summed E-state index contributed by atoms with van der Waals surface area (Å²) in [6.45, 7) is 1.50. The van der Waals surface area contributed by atoms with Crippen molar-refractivity contribution < 1.29 is 9.90 Å². The van der Waals surface area contributed by atoms with Crippen molar-refractivity contribution >= 4 is 32.7 Å². The highest BCUT2D eigenvalue weighted by molar-refractivity contribution is 9.10. The highest BCUT2D eigenvalue weighted by Gasteiger charge is 2.28. The monoisotopic (exact) mass is 322 g/mol. The molecule has 0 radical (unpaired) electrons. The van der Waals surface area contributed by atoms with E-state index < -0.39 is 0 Å². The van der Waals surface area contributed by atoms with Crippen LogP contribution in [-0.4, -0.2) is 40.6 Å². The van der Waals surface area contributed by atoms with E-state index in [1.54, 1.807) is 4.90 Å². The van der Waals surface area contributed by atoms with Gasteiger partial charge in [0.1, 0.15) is 5.69 Å². The largest absolute Gasteiger partial charge is 0.396 e. The Hall–Kier alpha value is -1.33. The molecular weight excluding hydrogens is 308 g/mol. The van der Waals surface area contributed by atoms with Crippen molar-refractivity contribution in [3.05, 3.63) is 34.4 Å². The van der Waals surface area contributed by atoms with Gasteiger partial charge >= 0.3 is 0 Å². The molecule has 4 nitrogen and oxygen atoms in total. The van der Waals surface area contributed by atoms with Gasteiger partial charge in [-0.1, -0.05) is 18.2 Å². The number of H-pyrrole nitrogens is 1. The van der Waals surface area contributed by atoms with E-state index in [2.05, 4.69) is 20.9 Å². The minimum atomic E-state index is -0.000903.